The summed E-state index contributed by atoms with van der Waals surface area (Å²) in [7, 11) is 4.00. The Balaban J connectivity index is 1.29. The number of aromatic hydroxyl groups is 1. The number of phenols is 1. The number of phenolic OH excluding ortho intramolecular Hbond substituents is 1. The van der Waals surface area contributed by atoms with E-state index in [1.54, 1.807) is 6.07 Å². The van der Waals surface area contributed by atoms with E-state index in [1.807, 2.05) is 124 Å². The lowest BCUT2D eigenvalue weighted by atomic mass is 10.1. The summed E-state index contributed by atoms with van der Waals surface area (Å²) >= 11 is 0. The highest BCUT2D eigenvalue weighted by atomic mass is 16.3. The molecule has 0 unspecified atom stereocenters. The number of fused-ring (bicyclic) bond motifs is 1. The number of azo groups is 3. The smallest absolute Gasteiger partial charge is 0.143 e. The molecule has 0 amide bonds. The van der Waals surface area contributed by atoms with Crippen LogP contribution in [0.15, 0.2) is 128 Å². The fourth-order valence-corrected chi connectivity index (χ4v) is 4.08. The van der Waals surface area contributed by atoms with Gasteiger partial charge in [0.2, 0.25) is 0 Å². The molecular formula is C32H29N7O. The monoisotopic (exact) mass is 527 g/mol. The molecule has 1 N–H and O–H groups in total. The third-order valence-electron chi connectivity index (χ3n) is 6.42. The Morgan fingerprint density at radius 1 is 0.550 bits per heavy atom. The van der Waals surface area contributed by atoms with Crippen LogP contribution < -0.4 is 4.90 Å². The maximum atomic E-state index is 10.4. The second-order valence-corrected chi connectivity index (χ2v) is 9.61. The second-order valence-electron chi connectivity index (χ2n) is 9.61. The van der Waals surface area contributed by atoms with E-state index in [9.17, 15) is 5.11 Å². The minimum absolute atomic E-state index is 0.0911. The summed E-state index contributed by atoms with van der Waals surface area (Å²) in [6, 6.07) is 30.4. The standard InChI is InChI=1S/C32H29N7O/c1-21-20-30(37-38-32-28-8-6-5-7-23(28)9-18-31(32)40)22(2)19-29(21)36-35-25-12-10-24(11-13-25)33-34-26-14-16-27(17-15-26)39(3)4/h5-20,40H,1-4H3/b34-33?,36-35+,38-37?. The third kappa shape index (κ3) is 6.07. The molecule has 8 heteroatoms. The van der Waals surface area contributed by atoms with Crippen LogP contribution in [0.4, 0.5) is 39.8 Å². The lowest BCUT2D eigenvalue weighted by molar-refractivity contribution is 0.477. The first kappa shape index (κ1) is 26.4. The molecular weight excluding hydrogens is 498 g/mol. The summed E-state index contributed by atoms with van der Waals surface area (Å²) in [4.78, 5) is 2.04. The number of aryl methyl sites for hydroxylation is 2. The van der Waals surface area contributed by atoms with E-state index in [2.05, 4.69) is 30.7 Å². The van der Waals surface area contributed by atoms with E-state index in [1.165, 1.54) is 0 Å². The van der Waals surface area contributed by atoms with Gasteiger partial charge in [-0.2, -0.15) is 25.6 Å². The minimum Gasteiger partial charge on any atom is -0.506 e. The van der Waals surface area contributed by atoms with Crippen LogP contribution in [0.5, 0.6) is 5.75 Å². The molecule has 0 fully saturated rings. The SMILES string of the molecule is Cc1cc(/N=N/c2ccc(N=Nc3ccc(N(C)C)cc3)cc2)c(C)cc1N=Nc1c(O)ccc2ccccc12. The summed E-state index contributed by atoms with van der Waals surface area (Å²) in [6.07, 6.45) is 0. The average Bonchev–Trinajstić information content (AvgIpc) is 2.97. The third-order valence-corrected chi connectivity index (χ3v) is 6.42. The van der Waals surface area contributed by atoms with Gasteiger partial charge in [0.1, 0.15) is 11.4 Å². The van der Waals surface area contributed by atoms with Gasteiger partial charge in [-0.15, -0.1) is 5.11 Å². The van der Waals surface area contributed by atoms with Crippen LogP contribution in [0.3, 0.4) is 0 Å². The molecule has 0 aliphatic carbocycles. The van der Waals surface area contributed by atoms with E-state index >= 15 is 0 Å². The normalized spacial score (nSPS) is 11.8. The van der Waals surface area contributed by atoms with Gasteiger partial charge in [-0.1, -0.05) is 30.3 Å². The molecule has 0 radical (unpaired) electrons. The Kier molecular flexibility index (Phi) is 7.68. The maximum absolute atomic E-state index is 10.4. The van der Waals surface area contributed by atoms with Crippen LogP contribution >= 0.6 is 0 Å². The van der Waals surface area contributed by atoms with Crippen molar-refractivity contribution in [2.24, 2.45) is 30.7 Å². The second kappa shape index (κ2) is 11.7. The van der Waals surface area contributed by atoms with Gasteiger partial charge in [-0.25, -0.2) is 0 Å². The first-order chi connectivity index (χ1) is 19.4. The predicted molar refractivity (Wildman–Crippen MR) is 161 cm³/mol. The van der Waals surface area contributed by atoms with Gasteiger partial charge >= 0.3 is 0 Å². The fourth-order valence-electron chi connectivity index (χ4n) is 4.08. The molecule has 8 nitrogen and oxygen atoms in total. The summed E-state index contributed by atoms with van der Waals surface area (Å²) in [6.45, 7) is 3.90. The van der Waals surface area contributed by atoms with Crippen LogP contribution in [-0.2, 0) is 0 Å². The molecule has 0 spiro atoms. The highest BCUT2D eigenvalue weighted by Crippen LogP contribution is 2.37. The zero-order chi connectivity index (χ0) is 28.1. The number of rotatable bonds is 7. The van der Waals surface area contributed by atoms with E-state index in [-0.39, 0.29) is 5.75 Å². The summed E-state index contributed by atoms with van der Waals surface area (Å²) in [5, 5.41) is 38.5. The molecule has 0 heterocycles. The fraction of sp³-hybridized carbons (Fsp3) is 0.125. The molecule has 0 aliphatic heterocycles. The number of hydrogen-bond donors (Lipinski definition) is 1. The molecule has 198 valence electrons. The predicted octanol–water partition coefficient (Wildman–Crippen LogP) is 10.5. The molecule has 0 saturated carbocycles. The Bertz CT molecular complexity index is 1740. The zero-order valence-electron chi connectivity index (χ0n) is 22.8. The zero-order valence-corrected chi connectivity index (χ0v) is 22.8. The first-order valence-electron chi connectivity index (χ1n) is 12.8. The van der Waals surface area contributed by atoms with Crippen molar-refractivity contribution in [3.63, 3.8) is 0 Å². The number of anilines is 1. The molecule has 5 aromatic carbocycles. The van der Waals surface area contributed by atoms with Gasteiger partial charge in [-0.3, -0.25) is 0 Å². The maximum Gasteiger partial charge on any atom is 0.143 e. The number of benzene rings is 5. The molecule has 0 saturated heterocycles. The molecule has 40 heavy (non-hydrogen) atoms. The lowest BCUT2D eigenvalue weighted by Crippen LogP contribution is -2.07. The van der Waals surface area contributed by atoms with Crippen molar-refractivity contribution >= 4 is 50.6 Å². The highest BCUT2D eigenvalue weighted by molar-refractivity contribution is 5.95. The Morgan fingerprint density at radius 3 is 1.62 bits per heavy atom. The summed E-state index contributed by atoms with van der Waals surface area (Å²) in [5.41, 5.74) is 7.05. The summed E-state index contributed by atoms with van der Waals surface area (Å²) < 4.78 is 0. The van der Waals surface area contributed by atoms with Gasteiger partial charge in [0.05, 0.1) is 28.4 Å². The molecule has 0 bridgehead atoms. The van der Waals surface area contributed by atoms with Gasteiger partial charge in [-0.05, 0) is 97.1 Å². The van der Waals surface area contributed by atoms with Crippen molar-refractivity contribution in [1.29, 1.82) is 0 Å². The Hall–Kier alpha value is -5.24. The topological polar surface area (TPSA) is 97.6 Å². The van der Waals surface area contributed by atoms with E-state index in [0.717, 1.165) is 44.6 Å². The van der Waals surface area contributed by atoms with Crippen LogP contribution in [0.2, 0.25) is 0 Å². The van der Waals surface area contributed by atoms with E-state index in [0.29, 0.717) is 17.1 Å². The molecule has 5 aromatic rings. The van der Waals surface area contributed by atoms with Crippen molar-refractivity contribution in [2.75, 3.05) is 19.0 Å². The Labute approximate surface area is 233 Å². The van der Waals surface area contributed by atoms with Crippen molar-refractivity contribution in [3.05, 3.63) is 108 Å². The van der Waals surface area contributed by atoms with Gasteiger partial charge in [0.15, 0.2) is 0 Å². The highest BCUT2D eigenvalue weighted by Gasteiger charge is 2.08. The molecule has 0 aliphatic rings. The first-order valence-corrected chi connectivity index (χ1v) is 12.8. The van der Waals surface area contributed by atoms with Gasteiger partial charge < -0.3 is 10.0 Å². The van der Waals surface area contributed by atoms with E-state index in [4.69, 9.17) is 0 Å². The van der Waals surface area contributed by atoms with Crippen LogP contribution in [0.25, 0.3) is 10.8 Å². The minimum atomic E-state index is 0.0911. The van der Waals surface area contributed by atoms with Crippen LogP contribution in [-0.4, -0.2) is 19.2 Å². The molecule has 0 atom stereocenters. The summed E-state index contributed by atoms with van der Waals surface area (Å²) in [5.74, 6) is 0.0911. The van der Waals surface area contributed by atoms with Gasteiger partial charge in [0.25, 0.3) is 0 Å². The molecule has 5 rings (SSSR count). The van der Waals surface area contributed by atoms with Crippen molar-refractivity contribution in [3.8, 4) is 5.75 Å². The average molecular weight is 528 g/mol. The van der Waals surface area contributed by atoms with Gasteiger partial charge in [0, 0.05) is 25.2 Å². The number of nitrogens with zero attached hydrogens (tertiary/aromatic N) is 7. The lowest BCUT2D eigenvalue weighted by Gasteiger charge is -2.11. The molecule has 0 aromatic heterocycles. The van der Waals surface area contributed by atoms with Crippen molar-refractivity contribution in [1.82, 2.24) is 0 Å². The van der Waals surface area contributed by atoms with Crippen molar-refractivity contribution in [2.45, 2.75) is 13.8 Å². The Morgan fingerprint density at radius 2 is 1.05 bits per heavy atom. The quantitative estimate of drug-likeness (QED) is 0.213. The number of hydrogen-bond acceptors (Lipinski definition) is 8. The van der Waals surface area contributed by atoms with Crippen LogP contribution in [0, 0.1) is 13.8 Å². The van der Waals surface area contributed by atoms with E-state index < -0.39 is 0 Å². The van der Waals surface area contributed by atoms with Crippen LogP contribution in [0.1, 0.15) is 11.1 Å². The largest absolute Gasteiger partial charge is 0.506 e. The van der Waals surface area contributed by atoms with Crippen molar-refractivity contribution < 1.29 is 5.11 Å².